The lowest BCUT2D eigenvalue weighted by atomic mass is 9.64. The Bertz CT molecular complexity index is 694. The first kappa shape index (κ1) is 18.9. The highest BCUT2D eigenvalue weighted by atomic mass is 16.2. The number of nitrogens with zero attached hydrogens (tertiary/aromatic N) is 3. The minimum absolute atomic E-state index is 0.0644. The molecule has 1 saturated heterocycles. The number of likely N-dealkylation sites (tertiary alicyclic amines) is 1. The van der Waals surface area contributed by atoms with Crippen LogP contribution in [0.2, 0.25) is 0 Å². The lowest BCUT2D eigenvalue weighted by Gasteiger charge is -2.49. The zero-order chi connectivity index (χ0) is 19.0. The molecule has 1 aromatic carbocycles. The van der Waals surface area contributed by atoms with Gasteiger partial charge < -0.3 is 4.90 Å². The molecule has 0 aromatic heterocycles. The molecule has 1 spiro atoms. The van der Waals surface area contributed by atoms with Crippen LogP contribution in [0.25, 0.3) is 0 Å². The summed E-state index contributed by atoms with van der Waals surface area (Å²) in [7, 11) is 4.35. The van der Waals surface area contributed by atoms with Crippen molar-refractivity contribution in [2.24, 2.45) is 10.8 Å². The Balaban J connectivity index is 1.75. The van der Waals surface area contributed by atoms with Gasteiger partial charge in [0.05, 0.1) is 11.5 Å². The van der Waals surface area contributed by atoms with E-state index in [9.17, 15) is 10.1 Å². The Labute approximate surface area is 157 Å². The maximum absolute atomic E-state index is 12.6. The molecule has 0 radical (unpaired) electrons. The van der Waals surface area contributed by atoms with Crippen molar-refractivity contribution in [1.29, 1.82) is 5.26 Å². The molecule has 1 amide bonds. The zero-order valence-electron chi connectivity index (χ0n) is 16.6. The standard InChI is InChI=1S/C22H31N3O/c1-20(2,15-23)16-25-17-21(14-19(25)26)10-12-22(13-11-21,24(3)4)18-8-6-5-7-9-18/h5-9H,10-14,16-17H2,1-4H3/t21-,22+. The SMILES string of the molecule is CN(C)[C@]1(c2ccccc2)CC[C@]2(CC1)CC(=O)N(CC(C)(C)C#N)C2. The van der Waals surface area contributed by atoms with Gasteiger partial charge in [0.2, 0.25) is 5.91 Å². The van der Waals surface area contributed by atoms with Crippen molar-refractivity contribution in [3.63, 3.8) is 0 Å². The van der Waals surface area contributed by atoms with E-state index in [4.69, 9.17) is 0 Å². The number of nitriles is 1. The monoisotopic (exact) mass is 353 g/mol. The van der Waals surface area contributed by atoms with Gasteiger partial charge in [0.1, 0.15) is 0 Å². The summed E-state index contributed by atoms with van der Waals surface area (Å²) in [6, 6.07) is 13.1. The molecule has 0 unspecified atom stereocenters. The Morgan fingerprint density at radius 2 is 1.77 bits per heavy atom. The molecular formula is C22H31N3O. The predicted molar refractivity (Wildman–Crippen MR) is 103 cm³/mol. The van der Waals surface area contributed by atoms with Gasteiger partial charge in [-0.05, 0) is 64.6 Å². The molecule has 4 heteroatoms. The maximum Gasteiger partial charge on any atom is 0.223 e. The number of hydrogen-bond donors (Lipinski definition) is 0. The second-order valence-electron chi connectivity index (χ2n) is 9.21. The van der Waals surface area contributed by atoms with E-state index in [1.54, 1.807) is 0 Å². The number of benzene rings is 1. The first-order chi connectivity index (χ1) is 12.2. The van der Waals surface area contributed by atoms with Gasteiger partial charge in [0, 0.05) is 25.0 Å². The minimum atomic E-state index is -0.479. The van der Waals surface area contributed by atoms with Crippen molar-refractivity contribution in [2.75, 3.05) is 27.2 Å². The van der Waals surface area contributed by atoms with Crippen molar-refractivity contribution < 1.29 is 4.79 Å². The second kappa shape index (κ2) is 6.70. The maximum atomic E-state index is 12.6. The van der Waals surface area contributed by atoms with E-state index in [0.29, 0.717) is 13.0 Å². The van der Waals surface area contributed by atoms with Crippen LogP contribution in [0.3, 0.4) is 0 Å². The highest BCUT2D eigenvalue weighted by molar-refractivity contribution is 5.79. The number of rotatable bonds is 4. The first-order valence-corrected chi connectivity index (χ1v) is 9.64. The van der Waals surface area contributed by atoms with E-state index in [1.165, 1.54) is 5.56 Å². The quantitative estimate of drug-likeness (QED) is 0.827. The normalized spacial score (nSPS) is 29.4. The fourth-order valence-electron chi connectivity index (χ4n) is 4.91. The van der Waals surface area contributed by atoms with Gasteiger partial charge in [0.25, 0.3) is 0 Å². The van der Waals surface area contributed by atoms with Crippen LogP contribution in [0.1, 0.15) is 51.5 Å². The smallest absolute Gasteiger partial charge is 0.223 e. The molecule has 140 valence electrons. The summed E-state index contributed by atoms with van der Waals surface area (Å²) in [5.74, 6) is 0.227. The van der Waals surface area contributed by atoms with Crippen LogP contribution < -0.4 is 0 Å². The van der Waals surface area contributed by atoms with Crippen LogP contribution in [0.5, 0.6) is 0 Å². The molecule has 4 nitrogen and oxygen atoms in total. The lowest BCUT2D eigenvalue weighted by molar-refractivity contribution is -0.128. The van der Waals surface area contributed by atoms with E-state index in [1.807, 2.05) is 18.7 Å². The molecular weight excluding hydrogens is 322 g/mol. The van der Waals surface area contributed by atoms with Crippen LogP contribution in [-0.2, 0) is 10.3 Å². The van der Waals surface area contributed by atoms with E-state index in [2.05, 4.69) is 55.4 Å². The van der Waals surface area contributed by atoms with Gasteiger partial charge in [-0.2, -0.15) is 5.26 Å². The molecule has 0 N–H and O–H groups in total. The summed E-state index contributed by atoms with van der Waals surface area (Å²) in [6.45, 7) is 5.19. The molecule has 3 rings (SSSR count). The summed E-state index contributed by atoms with van der Waals surface area (Å²) in [5, 5.41) is 9.30. The van der Waals surface area contributed by atoms with Gasteiger partial charge in [-0.15, -0.1) is 0 Å². The Morgan fingerprint density at radius 1 is 1.15 bits per heavy atom. The fraction of sp³-hybridized carbons (Fsp3) is 0.636. The van der Waals surface area contributed by atoms with E-state index >= 15 is 0 Å². The molecule has 1 aliphatic heterocycles. The average Bonchev–Trinajstić information content (AvgIpc) is 2.91. The highest BCUT2D eigenvalue weighted by Crippen LogP contribution is 2.52. The van der Waals surface area contributed by atoms with Crippen LogP contribution >= 0.6 is 0 Å². The average molecular weight is 354 g/mol. The minimum Gasteiger partial charge on any atom is -0.341 e. The summed E-state index contributed by atoms with van der Waals surface area (Å²) >= 11 is 0. The summed E-state index contributed by atoms with van der Waals surface area (Å²) in [5.41, 5.74) is 1.06. The molecule has 1 aliphatic carbocycles. The number of carbonyl (C=O) groups excluding carboxylic acids is 1. The third kappa shape index (κ3) is 3.38. The largest absolute Gasteiger partial charge is 0.341 e. The molecule has 2 fully saturated rings. The number of carbonyl (C=O) groups is 1. The molecule has 26 heavy (non-hydrogen) atoms. The Morgan fingerprint density at radius 3 is 2.31 bits per heavy atom. The Hall–Kier alpha value is -1.86. The second-order valence-corrected chi connectivity index (χ2v) is 9.21. The zero-order valence-corrected chi connectivity index (χ0v) is 16.6. The van der Waals surface area contributed by atoms with Gasteiger partial charge in [-0.25, -0.2) is 0 Å². The summed E-state index contributed by atoms with van der Waals surface area (Å²) in [4.78, 5) is 16.9. The van der Waals surface area contributed by atoms with E-state index in [-0.39, 0.29) is 16.9 Å². The van der Waals surface area contributed by atoms with E-state index in [0.717, 1.165) is 32.2 Å². The summed E-state index contributed by atoms with van der Waals surface area (Å²) < 4.78 is 0. The predicted octanol–water partition coefficient (Wildman–Crippen LogP) is 3.79. The molecule has 0 atom stereocenters. The van der Waals surface area contributed by atoms with Gasteiger partial charge in [-0.3, -0.25) is 9.69 Å². The molecule has 1 saturated carbocycles. The van der Waals surface area contributed by atoms with Gasteiger partial charge in [-0.1, -0.05) is 30.3 Å². The first-order valence-electron chi connectivity index (χ1n) is 9.64. The number of hydrogen-bond acceptors (Lipinski definition) is 3. The number of amides is 1. The van der Waals surface area contributed by atoms with E-state index < -0.39 is 5.41 Å². The van der Waals surface area contributed by atoms with Crippen LogP contribution in [0, 0.1) is 22.2 Å². The van der Waals surface area contributed by atoms with Crippen molar-refractivity contribution in [3.8, 4) is 6.07 Å². The molecule has 2 aliphatic rings. The van der Waals surface area contributed by atoms with Crippen LogP contribution in [-0.4, -0.2) is 42.9 Å². The molecule has 0 bridgehead atoms. The molecule has 1 aromatic rings. The van der Waals surface area contributed by atoms with Gasteiger partial charge >= 0.3 is 0 Å². The third-order valence-electron chi connectivity index (χ3n) is 6.60. The third-order valence-corrected chi connectivity index (χ3v) is 6.60. The Kier molecular flexibility index (Phi) is 4.88. The van der Waals surface area contributed by atoms with Gasteiger partial charge in [0.15, 0.2) is 0 Å². The fourth-order valence-corrected chi connectivity index (χ4v) is 4.91. The van der Waals surface area contributed by atoms with Crippen molar-refractivity contribution in [2.45, 2.75) is 51.5 Å². The van der Waals surface area contributed by atoms with Crippen LogP contribution in [0.4, 0.5) is 0 Å². The highest BCUT2D eigenvalue weighted by Gasteiger charge is 2.50. The summed E-state index contributed by atoms with van der Waals surface area (Å²) in [6.07, 6.45) is 4.93. The molecule has 1 heterocycles. The van der Waals surface area contributed by atoms with Crippen LogP contribution in [0.15, 0.2) is 30.3 Å². The topological polar surface area (TPSA) is 47.3 Å². The van der Waals surface area contributed by atoms with Crippen molar-refractivity contribution in [1.82, 2.24) is 9.80 Å². The van der Waals surface area contributed by atoms with Crippen molar-refractivity contribution >= 4 is 5.91 Å². The lowest BCUT2D eigenvalue weighted by Crippen LogP contribution is -2.47. The van der Waals surface area contributed by atoms with Crippen molar-refractivity contribution in [3.05, 3.63) is 35.9 Å².